The molecule has 0 aromatic rings. The minimum Gasteiger partial charge on any atom is -2.00 e. The first-order valence-corrected chi connectivity index (χ1v) is 0. The topological polar surface area (TPSA) is 90.0 Å². The van der Waals surface area contributed by atoms with Crippen molar-refractivity contribution in [3.05, 3.63) is 0 Å². The maximum absolute atomic E-state index is 0. The van der Waals surface area contributed by atoms with Crippen molar-refractivity contribution < 1.29 is 52.0 Å². The van der Waals surface area contributed by atoms with Crippen LogP contribution in [0.2, 0.25) is 0 Å². The van der Waals surface area contributed by atoms with Crippen LogP contribution < -0.4 is 0 Å². The molecule has 0 saturated carbocycles. The Balaban J connectivity index is 0. The van der Waals surface area contributed by atoms with Crippen molar-refractivity contribution in [3.8, 4) is 0 Å². The molecule has 5 heavy (non-hydrogen) atoms. The summed E-state index contributed by atoms with van der Waals surface area (Å²) in [5, 5.41) is 0. The Morgan fingerprint density at radius 2 is 1.00 bits per heavy atom. The van der Waals surface area contributed by atoms with Gasteiger partial charge >= 0.3 is 35.6 Å². The van der Waals surface area contributed by atoms with Gasteiger partial charge in [-0.05, 0) is 0 Å². The molecule has 3 N–H and O–H groups in total. The van der Waals surface area contributed by atoms with Gasteiger partial charge < -0.3 is 16.4 Å². The average Bonchev–Trinajstić information content (AvgIpc) is 0. The van der Waals surface area contributed by atoms with Gasteiger partial charge in [0.25, 0.3) is 0 Å². The summed E-state index contributed by atoms with van der Waals surface area (Å²) in [6.07, 6.45) is 0. The second-order valence-corrected chi connectivity index (χ2v) is 0. The van der Waals surface area contributed by atoms with Gasteiger partial charge in [0.05, 0.1) is 0 Å². The summed E-state index contributed by atoms with van der Waals surface area (Å²) in [5.41, 5.74) is 0. The first-order chi connectivity index (χ1) is 0. The Labute approximate surface area is 65.1 Å². The first kappa shape index (κ1) is 93.1. The maximum Gasteiger partial charge on any atom is 3.00 e. The van der Waals surface area contributed by atoms with Gasteiger partial charge in [0, 0.05) is 0 Å². The zero-order valence-corrected chi connectivity index (χ0v) is 7.06. The van der Waals surface area contributed by atoms with Crippen LogP contribution in [0.5, 0.6) is 0 Å². The third-order valence-corrected chi connectivity index (χ3v) is 0. The molecule has 0 spiro atoms. The summed E-state index contributed by atoms with van der Waals surface area (Å²) >= 11 is 0. The number of hydrogen-bond donors (Lipinski definition) is 0. The molecule has 0 aliphatic heterocycles. The third kappa shape index (κ3) is 31.3. The molecule has 0 fully saturated rings. The van der Waals surface area contributed by atoms with Crippen molar-refractivity contribution in [1.29, 1.82) is 0 Å². The van der Waals surface area contributed by atoms with E-state index in [2.05, 4.69) is 0 Å². The molecular weight excluding hydrogens is 219 g/mol. The molecule has 0 heterocycles. The summed E-state index contributed by atoms with van der Waals surface area (Å²) < 4.78 is 0. The quantitative estimate of drug-likeness (QED) is 0.518. The van der Waals surface area contributed by atoms with Crippen molar-refractivity contribution in [2.24, 2.45) is 0 Å². The van der Waals surface area contributed by atoms with Crippen LogP contribution in [0.4, 0.5) is 0 Å². The molecule has 0 unspecified atom stereocenters. The Morgan fingerprint density at radius 3 is 1.00 bits per heavy atom. The smallest absolute Gasteiger partial charge is 2.00 e. The monoisotopic (exact) mass is 224 g/mol. The summed E-state index contributed by atoms with van der Waals surface area (Å²) in [6, 6.07) is 0. The van der Waals surface area contributed by atoms with E-state index in [1.165, 1.54) is 0 Å². The van der Waals surface area contributed by atoms with Crippen LogP contribution in [0.15, 0.2) is 0 Å². The van der Waals surface area contributed by atoms with E-state index in [0.717, 1.165) is 0 Å². The summed E-state index contributed by atoms with van der Waals surface area (Å²) in [6.45, 7) is 0. The number of rotatable bonds is 0. The van der Waals surface area contributed by atoms with Gasteiger partial charge in [0.1, 0.15) is 0 Å². The number of hydrogen-bond acceptors (Lipinski definition) is 1. The molecule has 0 aromatic carbocycles. The summed E-state index contributed by atoms with van der Waals surface area (Å²) in [4.78, 5) is 0. The van der Waals surface area contributed by atoms with Gasteiger partial charge in [-0.25, -0.2) is 0 Å². The van der Waals surface area contributed by atoms with Crippen LogP contribution in [0, 0.1) is 35.6 Å². The van der Waals surface area contributed by atoms with Crippen LogP contribution in [-0.2, 0) is 5.48 Å². The fourth-order valence-electron chi connectivity index (χ4n) is 0. The van der Waals surface area contributed by atoms with E-state index in [0.29, 0.717) is 0 Å². The van der Waals surface area contributed by atoms with Crippen LogP contribution in [-0.4, -0.2) is 11.0 Å². The Bertz CT molecular complexity index is 6.85. The van der Waals surface area contributed by atoms with Crippen molar-refractivity contribution in [2.45, 2.75) is 0 Å². The minimum atomic E-state index is 0. The van der Waals surface area contributed by atoms with E-state index >= 15 is 0 Å². The van der Waals surface area contributed by atoms with Crippen LogP contribution >= 0.6 is 13.5 Å². The second-order valence-electron chi connectivity index (χ2n) is 0. The van der Waals surface area contributed by atoms with Gasteiger partial charge in [-0.3, -0.25) is 0 Å². The second kappa shape index (κ2) is 52.3. The van der Waals surface area contributed by atoms with Crippen molar-refractivity contribution in [2.75, 3.05) is 0 Å². The predicted molar refractivity (Wildman–Crippen MR) is 16.6 cm³/mol. The largest absolute Gasteiger partial charge is 3.00 e. The molecule has 0 aromatic heterocycles. The molecule has 5 heteroatoms. The predicted octanol–water partition coefficient (Wildman–Crippen LogP) is -1.01. The molecule has 3 nitrogen and oxygen atoms in total. The molecule has 0 atom stereocenters. The average molecular weight is 224 g/mol. The first-order valence-electron chi connectivity index (χ1n) is 0. The molecule has 0 amide bonds. The van der Waals surface area contributed by atoms with Crippen molar-refractivity contribution in [3.63, 3.8) is 0 Å². The van der Waals surface area contributed by atoms with Crippen LogP contribution in [0.3, 0.4) is 0 Å². The van der Waals surface area contributed by atoms with E-state index < -0.39 is 0 Å². The minimum absolute atomic E-state index is 0. The summed E-state index contributed by atoms with van der Waals surface area (Å²) in [7, 11) is 0. The molecule has 32 valence electrons. The molecule has 0 aliphatic rings. The zero-order chi connectivity index (χ0) is 0. The Hall–Kier alpha value is 1.42. The van der Waals surface area contributed by atoms with E-state index in [9.17, 15) is 0 Å². The van der Waals surface area contributed by atoms with Gasteiger partial charge in [-0.1, -0.05) is 0 Å². The van der Waals surface area contributed by atoms with Crippen LogP contribution in [0.1, 0.15) is 0 Å². The van der Waals surface area contributed by atoms with E-state index in [1.54, 1.807) is 0 Å². The van der Waals surface area contributed by atoms with E-state index in [4.69, 9.17) is 0 Å². The van der Waals surface area contributed by atoms with Crippen molar-refractivity contribution >= 4 is 13.5 Å². The standard InChI is InChI=1S/La.2H2O.O.H2S/h;2*1H2;;1H2/q+3;;;-2;/p-1. The van der Waals surface area contributed by atoms with Crippen molar-refractivity contribution in [1.82, 2.24) is 0 Å². The summed E-state index contributed by atoms with van der Waals surface area (Å²) in [5.74, 6) is 0. The maximum atomic E-state index is 0. The Kier molecular flexibility index (Phi) is 975. The molecule has 0 radical (unpaired) electrons. The van der Waals surface area contributed by atoms with Gasteiger partial charge in [-0.15, -0.1) is 0 Å². The third-order valence-electron chi connectivity index (χ3n) is 0. The fourth-order valence-corrected chi connectivity index (χ4v) is 0. The van der Waals surface area contributed by atoms with Gasteiger partial charge in [0.2, 0.25) is 0 Å². The van der Waals surface area contributed by atoms with Crippen LogP contribution in [0.25, 0.3) is 0 Å². The molecule has 0 saturated heterocycles. The van der Waals surface area contributed by atoms with E-state index in [1.807, 2.05) is 0 Å². The molecular formula is H5LaO3S. The molecule has 0 rings (SSSR count). The molecule has 0 aliphatic carbocycles. The zero-order valence-electron chi connectivity index (χ0n) is 2.43. The Morgan fingerprint density at radius 1 is 1.00 bits per heavy atom. The fraction of sp³-hybridized carbons (Fsp3) is 0. The van der Waals surface area contributed by atoms with E-state index in [-0.39, 0.29) is 65.5 Å². The van der Waals surface area contributed by atoms with Gasteiger partial charge in [-0.2, -0.15) is 13.5 Å². The molecule has 0 bridgehead atoms. The SMILES string of the molecule is O.S.[La+3].[O-2].[OH-]. The normalized spacial score (nSPS) is 0. The van der Waals surface area contributed by atoms with Gasteiger partial charge in [0.15, 0.2) is 0 Å².